The van der Waals surface area contributed by atoms with Gasteiger partial charge in [0.2, 0.25) is 0 Å². The van der Waals surface area contributed by atoms with Crippen LogP contribution in [-0.2, 0) is 20.8 Å². The molecule has 3 aliphatic rings. The summed E-state index contributed by atoms with van der Waals surface area (Å²) in [5, 5.41) is 13.0. The summed E-state index contributed by atoms with van der Waals surface area (Å²) >= 11 is 6.35. The molecule has 0 bridgehead atoms. The molecule has 0 saturated carbocycles. The highest BCUT2D eigenvalue weighted by atomic mass is 35.5. The van der Waals surface area contributed by atoms with Gasteiger partial charge in [-0.2, -0.15) is 4.98 Å². The second-order valence-corrected chi connectivity index (χ2v) is 9.62. The highest BCUT2D eigenvalue weighted by Gasteiger charge is 2.48. The SMILES string of the molecule is O[C@@H]1CO[C@H]2[C@@H]1OC[C@H]2Oc1nc2nc(NCc3c(F)cc(OCC4CCCO4)cc3F)c(Cl)cc2[nH]1. The fourth-order valence-corrected chi connectivity index (χ4v) is 4.95. The van der Waals surface area contributed by atoms with Crippen LogP contribution >= 0.6 is 11.6 Å². The molecule has 1 unspecified atom stereocenters. The molecule has 13 heteroatoms. The zero-order valence-corrected chi connectivity index (χ0v) is 20.3. The van der Waals surface area contributed by atoms with Gasteiger partial charge in [-0.3, -0.25) is 0 Å². The van der Waals surface area contributed by atoms with Crippen LogP contribution in [0.3, 0.4) is 0 Å². The van der Waals surface area contributed by atoms with Crippen LogP contribution in [0.15, 0.2) is 18.2 Å². The van der Waals surface area contributed by atoms with Crippen molar-refractivity contribution in [3.05, 3.63) is 40.4 Å². The molecule has 0 aliphatic carbocycles. The Morgan fingerprint density at radius 2 is 1.92 bits per heavy atom. The molecule has 10 nitrogen and oxygen atoms in total. The Morgan fingerprint density at radius 3 is 2.70 bits per heavy atom. The number of halogens is 3. The number of ether oxygens (including phenoxy) is 5. The number of aromatic nitrogens is 3. The highest BCUT2D eigenvalue weighted by Crippen LogP contribution is 2.31. The van der Waals surface area contributed by atoms with Crippen LogP contribution in [0.4, 0.5) is 14.6 Å². The third-order valence-electron chi connectivity index (χ3n) is 6.66. The van der Waals surface area contributed by atoms with E-state index < -0.39 is 36.1 Å². The summed E-state index contributed by atoms with van der Waals surface area (Å²) in [6.07, 6.45) is -0.200. The third kappa shape index (κ3) is 5.04. The molecule has 6 rings (SSSR count). The van der Waals surface area contributed by atoms with Gasteiger partial charge in [0.05, 0.1) is 29.9 Å². The first-order valence-corrected chi connectivity index (χ1v) is 12.4. The molecule has 0 radical (unpaired) electrons. The van der Waals surface area contributed by atoms with Gasteiger partial charge in [0, 0.05) is 30.8 Å². The lowest BCUT2D eigenvalue weighted by molar-refractivity contribution is 0.00706. The summed E-state index contributed by atoms with van der Waals surface area (Å²) < 4.78 is 57.3. The molecule has 0 spiro atoms. The zero-order valence-electron chi connectivity index (χ0n) is 19.6. The summed E-state index contributed by atoms with van der Waals surface area (Å²) in [5.41, 5.74) is 0.630. The molecule has 5 heterocycles. The Morgan fingerprint density at radius 1 is 1.11 bits per heavy atom. The lowest BCUT2D eigenvalue weighted by atomic mass is 10.1. The first-order chi connectivity index (χ1) is 17.9. The lowest BCUT2D eigenvalue weighted by Gasteiger charge is -2.15. The van der Waals surface area contributed by atoms with E-state index in [2.05, 4.69) is 20.3 Å². The number of H-pyrrole nitrogens is 1. The van der Waals surface area contributed by atoms with E-state index >= 15 is 0 Å². The number of aliphatic hydroxyl groups is 1. The average Bonchev–Trinajstić information content (AvgIpc) is 3.65. The number of aromatic amines is 1. The molecule has 3 aromatic rings. The molecule has 1 aromatic carbocycles. The monoisotopic (exact) mass is 538 g/mol. The summed E-state index contributed by atoms with van der Waals surface area (Å²) in [6, 6.07) is 4.07. The van der Waals surface area contributed by atoms with Gasteiger partial charge in [-0.15, -0.1) is 0 Å². The Bertz CT molecular complexity index is 1270. The minimum atomic E-state index is -0.751. The van der Waals surface area contributed by atoms with Crippen molar-refractivity contribution in [3.63, 3.8) is 0 Å². The van der Waals surface area contributed by atoms with E-state index in [0.29, 0.717) is 17.8 Å². The van der Waals surface area contributed by atoms with E-state index in [1.807, 2.05) is 0 Å². The molecular weight excluding hydrogens is 514 g/mol. The molecule has 3 N–H and O–H groups in total. The van der Waals surface area contributed by atoms with Crippen LogP contribution in [0.25, 0.3) is 11.2 Å². The summed E-state index contributed by atoms with van der Waals surface area (Å²) in [4.78, 5) is 11.7. The number of hydrogen-bond acceptors (Lipinski definition) is 9. The quantitative estimate of drug-likeness (QED) is 0.397. The predicted octanol–water partition coefficient (Wildman–Crippen LogP) is 2.97. The van der Waals surface area contributed by atoms with Gasteiger partial charge in [-0.05, 0) is 18.9 Å². The molecule has 5 atom stereocenters. The van der Waals surface area contributed by atoms with E-state index in [9.17, 15) is 13.9 Å². The first-order valence-electron chi connectivity index (χ1n) is 12.0. The van der Waals surface area contributed by atoms with Crippen LogP contribution < -0.4 is 14.8 Å². The van der Waals surface area contributed by atoms with Crippen molar-refractivity contribution < 1.29 is 37.6 Å². The van der Waals surface area contributed by atoms with Crippen molar-refractivity contribution in [3.8, 4) is 11.8 Å². The highest BCUT2D eigenvalue weighted by molar-refractivity contribution is 6.33. The summed E-state index contributed by atoms with van der Waals surface area (Å²) in [6.45, 7) is 1.16. The molecule has 37 heavy (non-hydrogen) atoms. The van der Waals surface area contributed by atoms with Gasteiger partial charge in [0.1, 0.15) is 48.1 Å². The number of pyridine rings is 1. The Kier molecular flexibility index (Phi) is 6.76. The fourth-order valence-electron chi connectivity index (χ4n) is 4.73. The second kappa shape index (κ2) is 10.2. The van der Waals surface area contributed by atoms with Crippen molar-refractivity contribution in [1.82, 2.24) is 15.0 Å². The van der Waals surface area contributed by atoms with Gasteiger partial charge in [0.15, 0.2) is 11.8 Å². The maximum Gasteiger partial charge on any atom is 0.296 e. The van der Waals surface area contributed by atoms with Gasteiger partial charge in [-0.1, -0.05) is 11.6 Å². The minimum Gasteiger partial charge on any atom is -0.491 e. The maximum absolute atomic E-state index is 14.7. The van der Waals surface area contributed by atoms with E-state index in [-0.39, 0.29) is 60.6 Å². The number of anilines is 1. The van der Waals surface area contributed by atoms with Crippen LogP contribution in [-0.4, -0.2) is 77.0 Å². The van der Waals surface area contributed by atoms with Gasteiger partial charge >= 0.3 is 0 Å². The molecule has 0 amide bonds. The van der Waals surface area contributed by atoms with Gasteiger partial charge < -0.3 is 39.1 Å². The average molecular weight is 539 g/mol. The number of nitrogens with one attached hydrogen (secondary N) is 2. The number of fused-ring (bicyclic) bond motifs is 2. The molecule has 3 fully saturated rings. The van der Waals surface area contributed by atoms with Gasteiger partial charge in [-0.25, -0.2) is 13.8 Å². The normalized spacial score (nSPS) is 27.1. The van der Waals surface area contributed by atoms with Crippen molar-refractivity contribution in [2.75, 3.05) is 31.7 Å². The van der Waals surface area contributed by atoms with Crippen LogP contribution in [0.2, 0.25) is 5.02 Å². The predicted molar refractivity (Wildman–Crippen MR) is 127 cm³/mol. The lowest BCUT2D eigenvalue weighted by Crippen LogP contribution is -2.34. The van der Waals surface area contributed by atoms with Crippen LogP contribution in [0.5, 0.6) is 11.8 Å². The molecule has 198 valence electrons. The van der Waals surface area contributed by atoms with E-state index in [1.165, 1.54) is 0 Å². The van der Waals surface area contributed by atoms with E-state index in [1.54, 1.807) is 6.07 Å². The largest absolute Gasteiger partial charge is 0.491 e. The van der Waals surface area contributed by atoms with E-state index in [0.717, 1.165) is 25.0 Å². The standard InChI is InChI=1S/C24H25ClF2N4O6/c25-14-6-17-23(31-24(29-17)37-19-10-36-20-18(32)9-35-21(19)20)30-22(14)28-7-13-15(26)4-12(5-16(13)27)34-8-11-2-1-3-33-11/h4-6,11,18-21,32H,1-3,7-10H2,(H2,28,29,30,31)/t11?,18-,19-,20-,21-/m1/s1. The Labute approximate surface area is 215 Å². The topological polar surface area (TPSA) is 120 Å². The molecule has 2 aromatic heterocycles. The number of rotatable bonds is 8. The number of aliphatic hydroxyl groups excluding tert-OH is 1. The number of nitrogens with zero attached hydrogens (tertiary/aromatic N) is 2. The Balaban J connectivity index is 1.12. The summed E-state index contributed by atoms with van der Waals surface area (Å²) in [7, 11) is 0. The third-order valence-corrected chi connectivity index (χ3v) is 6.94. The minimum absolute atomic E-state index is 0.0593. The van der Waals surface area contributed by atoms with Gasteiger partial charge in [0.25, 0.3) is 6.01 Å². The molecule has 3 saturated heterocycles. The fraction of sp³-hybridized carbons (Fsp3) is 0.500. The van der Waals surface area contributed by atoms with Crippen molar-refractivity contribution in [2.24, 2.45) is 0 Å². The van der Waals surface area contributed by atoms with Crippen molar-refractivity contribution in [1.29, 1.82) is 0 Å². The smallest absolute Gasteiger partial charge is 0.296 e. The summed E-state index contributed by atoms with van der Waals surface area (Å²) in [5.74, 6) is -1.19. The maximum atomic E-state index is 14.7. The van der Waals surface area contributed by atoms with Crippen LogP contribution in [0, 0.1) is 11.6 Å². The van der Waals surface area contributed by atoms with Crippen molar-refractivity contribution >= 4 is 28.6 Å². The molecule has 3 aliphatic heterocycles. The van der Waals surface area contributed by atoms with Crippen LogP contribution in [0.1, 0.15) is 18.4 Å². The number of benzene rings is 1. The Hall–Kier alpha value is -2.77. The number of imidazole rings is 1. The van der Waals surface area contributed by atoms with Crippen molar-refractivity contribution in [2.45, 2.75) is 49.9 Å². The zero-order chi connectivity index (χ0) is 25.5. The number of hydrogen-bond donors (Lipinski definition) is 3. The molecular formula is C24H25ClF2N4O6. The van der Waals surface area contributed by atoms with E-state index in [4.69, 9.17) is 35.3 Å². The first kappa shape index (κ1) is 24.6. The second-order valence-electron chi connectivity index (χ2n) is 9.22.